The SMILES string of the molecule is Cc1ccc(CC(=O)Nc2ccc(C)cc2C(=O)c2ccccc2)c(C)c1. The van der Waals surface area contributed by atoms with Crippen molar-refractivity contribution < 1.29 is 9.59 Å². The van der Waals surface area contributed by atoms with Crippen LogP contribution in [0.15, 0.2) is 66.7 Å². The Labute approximate surface area is 160 Å². The van der Waals surface area contributed by atoms with Gasteiger partial charge in [0, 0.05) is 11.1 Å². The summed E-state index contributed by atoms with van der Waals surface area (Å²) in [6, 6.07) is 20.7. The van der Waals surface area contributed by atoms with Crippen LogP contribution in [0.5, 0.6) is 0 Å². The number of benzene rings is 3. The second-order valence-electron chi connectivity index (χ2n) is 6.90. The van der Waals surface area contributed by atoms with E-state index in [-0.39, 0.29) is 18.1 Å². The Morgan fingerprint density at radius 2 is 1.48 bits per heavy atom. The minimum atomic E-state index is -0.132. The van der Waals surface area contributed by atoms with Gasteiger partial charge in [-0.25, -0.2) is 0 Å². The third kappa shape index (κ3) is 4.50. The maximum atomic E-state index is 12.9. The molecule has 136 valence electrons. The molecular formula is C24H23NO2. The van der Waals surface area contributed by atoms with E-state index < -0.39 is 0 Å². The molecule has 0 aliphatic rings. The van der Waals surface area contributed by atoms with Crippen molar-refractivity contribution in [1.29, 1.82) is 0 Å². The third-order valence-electron chi connectivity index (χ3n) is 4.58. The molecule has 1 amide bonds. The fourth-order valence-corrected chi connectivity index (χ4v) is 3.11. The Morgan fingerprint density at radius 1 is 0.815 bits per heavy atom. The molecule has 0 radical (unpaired) electrons. The number of hydrogen-bond acceptors (Lipinski definition) is 2. The molecule has 3 aromatic rings. The molecule has 0 bridgehead atoms. The van der Waals surface area contributed by atoms with Crippen LogP contribution in [-0.4, -0.2) is 11.7 Å². The van der Waals surface area contributed by atoms with Gasteiger partial charge in [-0.05, 0) is 44.0 Å². The van der Waals surface area contributed by atoms with Crippen LogP contribution in [0.4, 0.5) is 5.69 Å². The summed E-state index contributed by atoms with van der Waals surface area (Å²) in [7, 11) is 0. The van der Waals surface area contributed by atoms with Gasteiger partial charge in [0.2, 0.25) is 5.91 Å². The second kappa shape index (κ2) is 8.00. The van der Waals surface area contributed by atoms with Crippen LogP contribution in [-0.2, 0) is 11.2 Å². The third-order valence-corrected chi connectivity index (χ3v) is 4.58. The summed E-state index contributed by atoms with van der Waals surface area (Å²) < 4.78 is 0. The minimum Gasteiger partial charge on any atom is -0.325 e. The van der Waals surface area contributed by atoms with E-state index in [1.54, 1.807) is 18.2 Å². The molecule has 3 rings (SSSR count). The summed E-state index contributed by atoms with van der Waals surface area (Å²) in [6.07, 6.45) is 0.277. The Hall–Kier alpha value is -3.20. The number of amides is 1. The average Bonchev–Trinajstić information content (AvgIpc) is 2.65. The highest BCUT2D eigenvalue weighted by Gasteiger charge is 2.16. The molecule has 0 fully saturated rings. The molecule has 0 aliphatic carbocycles. The molecular weight excluding hydrogens is 334 g/mol. The number of ketones is 1. The van der Waals surface area contributed by atoms with Crippen molar-refractivity contribution in [2.24, 2.45) is 0 Å². The van der Waals surface area contributed by atoms with Crippen LogP contribution in [0.25, 0.3) is 0 Å². The Bertz CT molecular complexity index is 991. The molecule has 0 unspecified atom stereocenters. The lowest BCUT2D eigenvalue weighted by molar-refractivity contribution is -0.115. The maximum absolute atomic E-state index is 12.9. The minimum absolute atomic E-state index is 0.0962. The first-order valence-electron chi connectivity index (χ1n) is 9.00. The largest absolute Gasteiger partial charge is 0.325 e. The standard InChI is InChI=1S/C24H23NO2/c1-16-9-11-20(18(3)13-16)15-23(26)25-22-12-10-17(2)14-21(22)24(27)19-7-5-4-6-8-19/h4-14H,15H2,1-3H3,(H,25,26). The number of nitrogens with one attached hydrogen (secondary N) is 1. The summed E-state index contributed by atoms with van der Waals surface area (Å²) in [6.45, 7) is 5.97. The van der Waals surface area contributed by atoms with E-state index in [2.05, 4.69) is 11.4 Å². The molecule has 3 aromatic carbocycles. The monoisotopic (exact) mass is 357 g/mol. The molecule has 0 atom stereocenters. The lowest BCUT2D eigenvalue weighted by Gasteiger charge is -2.13. The zero-order chi connectivity index (χ0) is 19.4. The highest BCUT2D eigenvalue weighted by molar-refractivity contribution is 6.14. The van der Waals surface area contributed by atoms with Crippen LogP contribution < -0.4 is 5.32 Å². The summed E-state index contributed by atoms with van der Waals surface area (Å²) >= 11 is 0. The Morgan fingerprint density at radius 3 is 2.19 bits per heavy atom. The van der Waals surface area contributed by atoms with Crippen molar-refractivity contribution in [3.63, 3.8) is 0 Å². The quantitative estimate of drug-likeness (QED) is 0.651. The molecule has 1 N–H and O–H groups in total. The van der Waals surface area contributed by atoms with Gasteiger partial charge in [-0.2, -0.15) is 0 Å². The van der Waals surface area contributed by atoms with Crippen molar-refractivity contribution in [3.05, 3.63) is 100 Å². The molecule has 0 heterocycles. The van der Waals surface area contributed by atoms with Gasteiger partial charge in [0.05, 0.1) is 12.1 Å². The lowest BCUT2D eigenvalue weighted by atomic mass is 9.99. The summed E-state index contributed by atoms with van der Waals surface area (Å²) in [4.78, 5) is 25.5. The van der Waals surface area contributed by atoms with Crippen molar-refractivity contribution in [2.75, 3.05) is 5.32 Å². The summed E-state index contributed by atoms with van der Waals surface area (Å²) in [5.41, 5.74) is 5.88. The zero-order valence-electron chi connectivity index (χ0n) is 15.9. The van der Waals surface area contributed by atoms with Gasteiger partial charge >= 0.3 is 0 Å². The van der Waals surface area contributed by atoms with E-state index in [9.17, 15) is 9.59 Å². The van der Waals surface area contributed by atoms with E-state index in [1.165, 1.54) is 5.56 Å². The van der Waals surface area contributed by atoms with Gasteiger partial charge in [-0.3, -0.25) is 9.59 Å². The maximum Gasteiger partial charge on any atom is 0.228 e. The highest BCUT2D eigenvalue weighted by atomic mass is 16.1. The number of aryl methyl sites for hydroxylation is 3. The fraction of sp³-hybridized carbons (Fsp3) is 0.167. The molecule has 3 heteroatoms. The topological polar surface area (TPSA) is 46.2 Å². The Balaban J connectivity index is 1.84. The van der Waals surface area contributed by atoms with Gasteiger partial charge in [0.1, 0.15) is 0 Å². The van der Waals surface area contributed by atoms with Crippen LogP contribution >= 0.6 is 0 Å². The number of hydrogen-bond donors (Lipinski definition) is 1. The fourth-order valence-electron chi connectivity index (χ4n) is 3.11. The van der Waals surface area contributed by atoms with Crippen molar-refractivity contribution in [2.45, 2.75) is 27.2 Å². The summed E-state index contributed by atoms with van der Waals surface area (Å²) in [5, 5.41) is 2.92. The lowest BCUT2D eigenvalue weighted by Crippen LogP contribution is -2.17. The predicted molar refractivity (Wildman–Crippen MR) is 109 cm³/mol. The molecule has 0 spiro atoms. The number of rotatable bonds is 5. The second-order valence-corrected chi connectivity index (χ2v) is 6.90. The van der Waals surface area contributed by atoms with Gasteiger partial charge in [0.25, 0.3) is 0 Å². The van der Waals surface area contributed by atoms with Crippen molar-refractivity contribution >= 4 is 17.4 Å². The zero-order valence-corrected chi connectivity index (χ0v) is 15.9. The van der Waals surface area contributed by atoms with Crippen LogP contribution in [0.1, 0.15) is 38.2 Å². The van der Waals surface area contributed by atoms with Crippen LogP contribution in [0.2, 0.25) is 0 Å². The van der Waals surface area contributed by atoms with Gasteiger partial charge in [0.15, 0.2) is 5.78 Å². The molecule has 0 aromatic heterocycles. The van der Waals surface area contributed by atoms with Gasteiger partial charge in [-0.1, -0.05) is 65.7 Å². The predicted octanol–water partition coefficient (Wildman–Crippen LogP) is 5.02. The highest BCUT2D eigenvalue weighted by Crippen LogP contribution is 2.22. The van der Waals surface area contributed by atoms with Crippen molar-refractivity contribution in [3.8, 4) is 0 Å². The number of anilines is 1. The molecule has 27 heavy (non-hydrogen) atoms. The number of carbonyl (C=O) groups excluding carboxylic acids is 2. The molecule has 0 saturated heterocycles. The van der Waals surface area contributed by atoms with Crippen LogP contribution in [0.3, 0.4) is 0 Å². The van der Waals surface area contributed by atoms with Gasteiger partial charge < -0.3 is 5.32 Å². The van der Waals surface area contributed by atoms with Crippen molar-refractivity contribution in [1.82, 2.24) is 0 Å². The first-order chi connectivity index (χ1) is 12.9. The molecule has 0 saturated carbocycles. The van der Waals surface area contributed by atoms with E-state index in [0.29, 0.717) is 16.8 Å². The summed E-state index contributed by atoms with van der Waals surface area (Å²) in [5.74, 6) is -0.228. The van der Waals surface area contributed by atoms with E-state index in [0.717, 1.165) is 16.7 Å². The Kier molecular flexibility index (Phi) is 5.51. The van der Waals surface area contributed by atoms with Crippen LogP contribution in [0, 0.1) is 20.8 Å². The average molecular weight is 357 g/mol. The first-order valence-corrected chi connectivity index (χ1v) is 9.00. The normalized spacial score (nSPS) is 10.5. The smallest absolute Gasteiger partial charge is 0.228 e. The van der Waals surface area contributed by atoms with E-state index >= 15 is 0 Å². The molecule has 3 nitrogen and oxygen atoms in total. The van der Waals surface area contributed by atoms with E-state index in [4.69, 9.17) is 0 Å². The number of carbonyl (C=O) groups is 2. The van der Waals surface area contributed by atoms with Gasteiger partial charge in [-0.15, -0.1) is 0 Å². The molecule has 0 aliphatic heterocycles. The van der Waals surface area contributed by atoms with E-state index in [1.807, 2.05) is 63.2 Å². The first kappa shape index (κ1) is 18.6.